The molecule has 0 saturated carbocycles. The number of hydrogen-bond donors (Lipinski definition) is 1. The van der Waals surface area contributed by atoms with E-state index in [9.17, 15) is 13.5 Å². The summed E-state index contributed by atoms with van der Waals surface area (Å²) in [6.45, 7) is 3.31. The van der Waals surface area contributed by atoms with Crippen LogP contribution in [-0.2, 0) is 19.7 Å². The Balaban J connectivity index is 2.27. The molecule has 0 unspecified atom stereocenters. The van der Waals surface area contributed by atoms with Crippen LogP contribution in [0.4, 0.5) is 0 Å². The Morgan fingerprint density at radius 3 is 2.13 bits per heavy atom. The third kappa shape index (κ3) is 4.07. The molecule has 0 aliphatic heterocycles. The van der Waals surface area contributed by atoms with E-state index in [2.05, 4.69) is 6.58 Å². The third-order valence-electron chi connectivity index (χ3n) is 3.75. The lowest BCUT2D eigenvalue weighted by Gasteiger charge is -2.30. The highest BCUT2D eigenvalue weighted by molar-refractivity contribution is 7.86. The molecule has 2 rings (SSSR count). The normalized spacial score (nSPS) is 14.1. The second-order valence-electron chi connectivity index (χ2n) is 5.33. The quantitative estimate of drug-likeness (QED) is 0.596. The van der Waals surface area contributed by atoms with E-state index < -0.39 is 15.5 Å². The van der Waals surface area contributed by atoms with Gasteiger partial charge in [0.05, 0.1) is 18.1 Å². The van der Waals surface area contributed by atoms with Gasteiger partial charge in [0.15, 0.2) is 0 Å². The first-order valence-corrected chi connectivity index (χ1v) is 8.67. The molecule has 23 heavy (non-hydrogen) atoms. The van der Waals surface area contributed by atoms with Crippen molar-refractivity contribution in [2.75, 3.05) is 13.2 Å². The molecule has 0 amide bonds. The maximum atomic E-state index is 12.3. The van der Waals surface area contributed by atoms with Gasteiger partial charge in [-0.25, -0.2) is 0 Å². The fourth-order valence-corrected chi connectivity index (χ4v) is 3.38. The lowest BCUT2D eigenvalue weighted by molar-refractivity contribution is 0.133. The molecule has 0 spiro atoms. The van der Waals surface area contributed by atoms with Crippen LogP contribution in [0.2, 0.25) is 0 Å². The topological polar surface area (TPSA) is 63.6 Å². The van der Waals surface area contributed by atoms with E-state index in [4.69, 9.17) is 4.18 Å². The Kier molecular flexibility index (Phi) is 5.71. The Labute approximate surface area is 137 Å². The van der Waals surface area contributed by atoms with Gasteiger partial charge in [0.2, 0.25) is 0 Å². The second kappa shape index (κ2) is 7.55. The lowest BCUT2D eigenvalue weighted by atomic mass is 9.79. The van der Waals surface area contributed by atoms with Gasteiger partial charge in [-0.15, -0.1) is 6.58 Å². The van der Waals surface area contributed by atoms with Crippen molar-refractivity contribution >= 4 is 10.1 Å². The van der Waals surface area contributed by atoms with Crippen LogP contribution in [0.1, 0.15) is 12.0 Å². The van der Waals surface area contributed by atoms with Crippen molar-refractivity contribution in [3.63, 3.8) is 0 Å². The van der Waals surface area contributed by atoms with Crippen molar-refractivity contribution in [2.45, 2.75) is 16.7 Å². The van der Waals surface area contributed by atoms with Crippen molar-refractivity contribution in [3.05, 3.63) is 78.9 Å². The van der Waals surface area contributed by atoms with Crippen molar-refractivity contribution in [3.8, 4) is 0 Å². The van der Waals surface area contributed by atoms with Gasteiger partial charge in [0.1, 0.15) is 0 Å². The first-order chi connectivity index (χ1) is 11.0. The van der Waals surface area contributed by atoms with Crippen molar-refractivity contribution in [1.82, 2.24) is 0 Å². The van der Waals surface area contributed by atoms with Gasteiger partial charge in [-0.3, -0.25) is 4.18 Å². The molecule has 2 aromatic carbocycles. The van der Waals surface area contributed by atoms with Crippen molar-refractivity contribution in [2.24, 2.45) is 0 Å². The van der Waals surface area contributed by atoms with E-state index in [1.54, 1.807) is 24.3 Å². The third-order valence-corrected chi connectivity index (χ3v) is 5.02. The van der Waals surface area contributed by atoms with Gasteiger partial charge in [-0.1, -0.05) is 54.6 Å². The van der Waals surface area contributed by atoms with E-state index >= 15 is 0 Å². The largest absolute Gasteiger partial charge is 0.395 e. The minimum Gasteiger partial charge on any atom is -0.395 e. The predicted molar refractivity (Wildman–Crippen MR) is 89.6 cm³/mol. The lowest BCUT2D eigenvalue weighted by Crippen LogP contribution is -2.36. The minimum atomic E-state index is -3.88. The second-order valence-corrected chi connectivity index (χ2v) is 6.94. The van der Waals surface area contributed by atoms with Crippen LogP contribution in [0, 0.1) is 0 Å². The molecule has 2 aromatic rings. The first kappa shape index (κ1) is 17.4. The van der Waals surface area contributed by atoms with E-state index in [0.29, 0.717) is 6.42 Å². The predicted octanol–water partition coefficient (Wildman–Crippen LogP) is 2.90. The zero-order valence-corrected chi connectivity index (χ0v) is 13.6. The molecule has 122 valence electrons. The summed E-state index contributed by atoms with van der Waals surface area (Å²) in [7, 11) is -3.88. The van der Waals surface area contributed by atoms with Crippen LogP contribution >= 0.6 is 0 Å². The molecule has 0 heterocycles. The number of allylic oxidation sites excluding steroid dienone is 1. The Hall–Kier alpha value is -1.95. The molecule has 0 radical (unpaired) electrons. The number of rotatable bonds is 8. The maximum Gasteiger partial charge on any atom is 0.297 e. The highest BCUT2D eigenvalue weighted by atomic mass is 32.2. The Morgan fingerprint density at radius 2 is 1.61 bits per heavy atom. The minimum absolute atomic E-state index is 0.0958. The average Bonchev–Trinajstić information content (AvgIpc) is 2.60. The van der Waals surface area contributed by atoms with E-state index in [1.165, 1.54) is 12.1 Å². The maximum absolute atomic E-state index is 12.3. The van der Waals surface area contributed by atoms with Crippen LogP contribution in [-0.4, -0.2) is 26.7 Å². The van der Waals surface area contributed by atoms with Crippen LogP contribution in [0.25, 0.3) is 0 Å². The first-order valence-electron chi connectivity index (χ1n) is 7.26. The Morgan fingerprint density at radius 1 is 1.04 bits per heavy atom. The average molecular weight is 332 g/mol. The molecule has 0 bridgehead atoms. The van der Waals surface area contributed by atoms with Crippen LogP contribution in [0.5, 0.6) is 0 Å². The number of aliphatic hydroxyl groups is 1. The Bertz CT molecular complexity index is 726. The van der Waals surface area contributed by atoms with Gasteiger partial charge in [-0.2, -0.15) is 8.42 Å². The van der Waals surface area contributed by atoms with Crippen LogP contribution in [0.15, 0.2) is 78.2 Å². The summed E-state index contributed by atoms with van der Waals surface area (Å²) in [4.78, 5) is 0.0958. The summed E-state index contributed by atoms with van der Waals surface area (Å²) < 4.78 is 29.8. The summed E-state index contributed by atoms with van der Waals surface area (Å²) >= 11 is 0. The summed E-state index contributed by atoms with van der Waals surface area (Å²) in [5.41, 5.74) is -0.0316. The molecule has 5 heteroatoms. The van der Waals surface area contributed by atoms with E-state index in [-0.39, 0.29) is 18.1 Å². The van der Waals surface area contributed by atoms with E-state index in [0.717, 1.165) is 5.56 Å². The molecule has 4 nitrogen and oxygen atoms in total. The fraction of sp³-hybridized carbons (Fsp3) is 0.222. The van der Waals surface area contributed by atoms with Crippen LogP contribution in [0.3, 0.4) is 0 Å². The summed E-state index contributed by atoms with van der Waals surface area (Å²) in [5, 5.41) is 9.91. The zero-order chi connectivity index (χ0) is 16.8. The standard InChI is InChI=1S/C18H20O4S/c1-2-13-18(14-19,16-9-5-3-6-10-16)15-22-23(20,21)17-11-7-4-8-12-17/h2-12,19H,1,13-15H2/t18-/m1/s1. The molecular weight excluding hydrogens is 312 g/mol. The summed E-state index contributed by atoms with van der Waals surface area (Å²) in [6.07, 6.45) is 2.06. The van der Waals surface area contributed by atoms with Gasteiger partial charge >= 0.3 is 0 Å². The smallest absolute Gasteiger partial charge is 0.297 e. The molecule has 1 atom stereocenters. The number of hydrogen-bond acceptors (Lipinski definition) is 4. The van der Waals surface area contributed by atoms with Crippen molar-refractivity contribution in [1.29, 1.82) is 0 Å². The highest BCUT2D eigenvalue weighted by Gasteiger charge is 2.33. The number of benzene rings is 2. The fourth-order valence-electron chi connectivity index (χ4n) is 2.38. The van der Waals surface area contributed by atoms with Gasteiger partial charge in [-0.05, 0) is 24.1 Å². The molecule has 0 aliphatic rings. The number of aliphatic hydroxyl groups excluding tert-OH is 1. The van der Waals surface area contributed by atoms with E-state index in [1.807, 2.05) is 30.3 Å². The van der Waals surface area contributed by atoms with Gasteiger partial charge < -0.3 is 5.11 Å². The summed E-state index contributed by atoms with van der Waals surface area (Å²) in [5.74, 6) is 0. The molecule has 0 aromatic heterocycles. The van der Waals surface area contributed by atoms with Crippen molar-refractivity contribution < 1.29 is 17.7 Å². The van der Waals surface area contributed by atoms with Gasteiger partial charge in [0.25, 0.3) is 10.1 Å². The highest BCUT2D eigenvalue weighted by Crippen LogP contribution is 2.30. The van der Waals surface area contributed by atoms with Crippen LogP contribution < -0.4 is 0 Å². The van der Waals surface area contributed by atoms with Gasteiger partial charge in [0, 0.05) is 5.41 Å². The monoisotopic (exact) mass is 332 g/mol. The molecule has 0 aliphatic carbocycles. The molecule has 0 saturated heterocycles. The zero-order valence-electron chi connectivity index (χ0n) is 12.8. The molecular formula is C18H20O4S. The molecule has 0 fully saturated rings. The summed E-state index contributed by atoms with van der Waals surface area (Å²) in [6, 6.07) is 17.2. The SMILES string of the molecule is C=CC[C@@](CO)(COS(=O)(=O)c1ccccc1)c1ccccc1. The molecule has 1 N–H and O–H groups in total.